The number of nitrogens with zero attached hydrogens (tertiary/aromatic N) is 1. The van der Waals surface area contributed by atoms with E-state index in [9.17, 15) is 4.79 Å². The van der Waals surface area contributed by atoms with Gasteiger partial charge in [0.2, 0.25) is 0 Å². The Kier molecular flexibility index (Phi) is 3.40. The summed E-state index contributed by atoms with van der Waals surface area (Å²) in [5, 5.41) is 0.684. The maximum Gasteiger partial charge on any atom is 0.164 e. The Morgan fingerprint density at radius 3 is 2.67 bits per heavy atom. The Bertz CT molecular complexity index is 442. The van der Waals surface area contributed by atoms with Crippen LogP contribution in [0, 0.1) is 5.92 Å². The first-order chi connectivity index (χ1) is 8.72. The van der Waals surface area contributed by atoms with Gasteiger partial charge in [-0.05, 0) is 49.4 Å². The van der Waals surface area contributed by atoms with Crippen molar-refractivity contribution < 1.29 is 4.79 Å². The van der Waals surface area contributed by atoms with Crippen molar-refractivity contribution in [3.05, 3.63) is 34.9 Å². The number of hydrogen-bond acceptors (Lipinski definition) is 2. The molecule has 2 fully saturated rings. The quantitative estimate of drug-likeness (QED) is 0.776. The average molecular weight is 264 g/mol. The van der Waals surface area contributed by atoms with Crippen molar-refractivity contribution in [2.75, 3.05) is 13.1 Å². The number of Topliss-reactive ketones (excluding diaryl/α,β-unsaturated/α-hetero) is 1. The molecule has 2 atom stereocenters. The fourth-order valence-corrected chi connectivity index (χ4v) is 3.45. The van der Waals surface area contributed by atoms with Crippen molar-refractivity contribution in [2.45, 2.75) is 31.7 Å². The minimum atomic E-state index is 0.231. The van der Waals surface area contributed by atoms with Crippen LogP contribution in [0.2, 0.25) is 5.02 Å². The summed E-state index contributed by atoms with van der Waals surface area (Å²) in [4.78, 5) is 14.6. The molecular weight excluding hydrogens is 246 g/mol. The van der Waals surface area contributed by atoms with Crippen LogP contribution in [0.5, 0.6) is 0 Å². The smallest absolute Gasteiger partial charge is 0.164 e. The zero-order valence-electron chi connectivity index (χ0n) is 10.4. The first kappa shape index (κ1) is 12.2. The van der Waals surface area contributed by atoms with Crippen molar-refractivity contribution in [2.24, 2.45) is 5.92 Å². The van der Waals surface area contributed by atoms with Gasteiger partial charge in [-0.2, -0.15) is 0 Å². The summed E-state index contributed by atoms with van der Waals surface area (Å²) in [6, 6.07) is 7.97. The Morgan fingerprint density at radius 1 is 1.28 bits per heavy atom. The number of benzene rings is 1. The van der Waals surface area contributed by atoms with Crippen LogP contribution < -0.4 is 0 Å². The molecule has 0 aromatic heterocycles. The highest BCUT2D eigenvalue weighted by Gasteiger charge is 2.37. The van der Waals surface area contributed by atoms with Crippen molar-refractivity contribution >= 4 is 17.4 Å². The number of carbonyl (C=O) groups excluding carboxylic acids is 1. The predicted molar refractivity (Wildman–Crippen MR) is 73.1 cm³/mol. The second kappa shape index (κ2) is 5.02. The molecule has 1 aromatic carbocycles. The standard InChI is InChI=1S/C15H18ClNO/c16-13-4-2-12(3-5-13)15(18)7-8-17-10-11-1-6-14(17)9-11/h2-5,11,14H,1,6-10H2. The molecular formula is C15H18ClNO. The highest BCUT2D eigenvalue weighted by atomic mass is 35.5. The molecule has 96 valence electrons. The second-order valence-corrected chi connectivity index (χ2v) is 5.94. The minimum Gasteiger partial charge on any atom is -0.300 e. The van der Waals surface area contributed by atoms with Crippen molar-refractivity contribution in [1.29, 1.82) is 0 Å². The third-order valence-corrected chi connectivity index (χ3v) is 4.57. The van der Waals surface area contributed by atoms with Crippen LogP contribution in [-0.4, -0.2) is 29.8 Å². The van der Waals surface area contributed by atoms with Gasteiger partial charge < -0.3 is 0 Å². The van der Waals surface area contributed by atoms with E-state index in [0.29, 0.717) is 11.4 Å². The summed E-state index contributed by atoms with van der Waals surface area (Å²) in [6.07, 6.45) is 4.71. The molecule has 2 aliphatic rings. The number of piperidine rings is 1. The summed E-state index contributed by atoms with van der Waals surface area (Å²) in [7, 11) is 0. The first-order valence-electron chi connectivity index (χ1n) is 6.75. The first-order valence-corrected chi connectivity index (χ1v) is 7.13. The summed E-state index contributed by atoms with van der Waals surface area (Å²) < 4.78 is 0. The third kappa shape index (κ3) is 2.45. The van der Waals surface area contributed by atoms with Gasteiger partial charge >= 0.3 is 0 Å². The highest BCUT2D eigenvalue weighted by molar-refractivity contribution is 6.30. The molecule has 0 radical (unpaired) electrons. The summed E-state index contributed by atoms with van der Waals surface area (Å²) in [6.45, 7) is 2.13. The Morgan fingerprint density at radius 2 is 2.06 bits per heavy atom. The van der Waals surface area contributed by atoms with Crippen LogP contribution in [0.1, 0.15) is 36.0 Å². The molecule has 1 aliphatic carbocycles. The maximum absolute atomic E-state index is 12.0. The van der Waals surface area contributed by atoms with Gasteiger partial charge in [0.1, 0.15) is 0 Å². The number of fused-ring (bicyclic) bond motifs is 2. The fraction of sp³-hybridized carbons (Fsp3) is 0.533. The van der Waals surface area contributed by atoms with Crippen molar-refractivity contribution in [3.8, 4) is 0 Å². The Hall–Kier alpha value is -0.860. The van der Waals surface area contributed by atoms with E-state index in [1.54, 1.807) is 12.1 Å². The van der Waals surface area contributed by atoms with Crippen LogP contribution >= 0.6 is 11.6 Å². The maximum atomic E-state index is 12.0. The fourth-order valence-electron chi connectivity index (χ4n) is 3.33. The van der Waals surface area contributed by atoms with Gasteiger partial charge in [-0.1, -0.05) is 11.6 Å². The number of hydrogen-bond donors (Lipinski definition) is 0. The lowest BCUT2D eigenvalue weighted by molar-refractivity contribution is 0.0955. The lowest BCUT2D eigenvalue weighted by Crippen LogP contribution is -2.33. The van der Waals surface area contributed by atoms with E-state index in [0.717, 1.165) is 24.1 Å². The van der Waals surface area contributed by atoms with Gasteiger partial charge in [0.25, 0.3) is 0 Å². The molecule has 3 rings (SSSR count). The van der Waals surface area contributed by atoms with Crippen molar-refractivity contribution in [1.82, 2.24) is 4.90 Å². The molecule has 0 spiro atoms. The van der Waals surface area contributed by atoms with Crippen LogP contribution in [0.4, 0.5) is 0 Å². The third-order valence-electron chi connectivity index (χ3n) is 4.31. The van der Waals surface area contributed by atoms with Crippen molar-refractivity contribution in [3.63, 3.8) is 0 Å². The van der Waals surface area contributed by atoms with E-state index in [1.807, 2.05) is 12.1 Å². The molecule has 1 aromatic rings. The van der Waals surface area contributed by atoms with E-state index in [4.69, 9.17) is 11.6 Å². The number of ketones is 1. The molecule has 1 saturated carbocycles. The van der Waals surface area contributed by atoms with E-state index >= 15 is 0 Å². The summed E-state index contributed by atoms with van der Waals surface area (Å²) in [5.74, 6) is 1.13. The van der Waals surface area contributed by atoms with Crippen LogP contribution in [-0.2, 0) is 0 Å². The average Bonchev–Trinajstić information content (AvgIpc) is 2.99. The largest absolute Gasteiger partial charge is 0.300 e. The molecule has 18 heavy (non-hydrogen) atoms. The summed E-state index contributed by atoms with van der Waals surface area (Å²) in [5.41, 5.74) is 0.781. The van der Waals surface area contributed by atoms with Crippen LogP contribution in [0.3, 0.4) is 0 Å². The van der Waals surface area contributed by atoms with Crippen LogP contribution in [0.25, 0.3) is 0 Å². The van der Waals surface area contributed by atoms with Gasteiger partial charge in [0.05, 0.1) is 0 Å². The molecule has 0 N–H and O–H groups in total. The number of halogens is 1. The molecule has 2 bridgehead atoms. The SMILES string of the molecule is O=C(CCN1CC2CCC1C2)c1ccc(Cl)cc1. The second-order valence-electron chi connectivity index (χ2n) is 5.51. The van der Waals surface area contributed by atoms with Gasteiger partial charge in [-0.15, -0.1) is 0 Å². The van der Waals surface area contributed by atoms with Gasteiger partial charge in [0, 0.05) is 36.1 Å². The molecule has 2 nitrogen and oxygen atoms in total. The number of carbonyl (C=O) groups is 1. The monoisotopic (exact) mass is 263 g/mol. The lowest BCUT2D eigenvalue weighted by Gasteiger charge is -2.26. The number of likely N-dealkylation sites (tertiary alicyclic amines) is 1. The summed E-state index contributed by atoms with van der Waals surface area (Å²) >= 11 is 5.82. The molecule has 1 heterocycles. The molecule has 0 amide bonds. The van der Waals surface area contributed by atoms with E-state index in [2.05, 4.69) is 4.90 Å². The predicted octanol–water partition coefficient (Wildman–Crippen LogP) is 3.40. The van der Waals surface area contributed by atoms with E-state index < -0.39 is 0 Å². The normalized spacial score (nSPS) is 26.7. The highest BCUT2D eigenvalue weighted by Crippen LogP contribution is 2.37. The number of rotatable bonds is 4. The van der Waals surface area contributed by atoms with Gasteiger partial charge in [0.15, 0.2) is 5.78 Å². The Balaban J connectivity index is 1.54. The van der Waals surface area contributed by atoms with Gasteiger partial charge in [-0.3, -0.25) is 9.69 Å². The molecule has 1 aliphatic heterocycles. The lowest BCUT2D eigenvalue weighted by atomic mass is 10.1. The zero-order chi connectivity index (χ0) is 12.5. The molecule has 1 saturated heterocycles. The van der Waals surface area contributed by atoms with Gasteiger partial charge in [-0.25, -0.2) is 0 Å². The molecule has 2 unspecified atom stereocenters. The Labute approximate surface area is 113 Å². The zero-order valence-corrected chi connectivity index (χ0v) is 11.2. The topological polar surface area (TPSA) is 20.3 Å². The van der Waals surface area contributed by atoms with E-state index in [-0.39, 0.29) is 5.78 Å². The van der Waals surface area contributed by atoms with E-state index in [1.165, 1.54) is 25.8 Å². The minimum absolute atomic E-state index is 0.231. The molecule has 3 heteroatoms. The van der Waals surface area contributed by atoms with Crippen LogP contribution in [0.15, 0.2) is 24.3 Å².